The summed E-state index contributed by atoms with van der Waals surface area (Å²) in [6.45, 7) is 1.16. The molecule has 1 aliphatic carbocycles. The Morgan fingerprint density at radius 2 is 2.42 bits per heavy atom. The fourth-order valence-corrected chi connectivity index (χ4v) is 2.13. The molecule has 4 nitrogen and oxygen atoms in total. The van der Waals surface area contributed by atoms with Crippen molar-refractivity contribution < 1.29 is 9.53 Å². The monoisotopic (exact) mass is 170 g/mol. The smallest absolute Gasteiger partial charge is 0.410 e. The van der Waals surface area contributed by atoms with Crippen LogP contribution in [0.15, 0.2) is 0 Å². The molecule has 1 aliphatic heterocycles. The van der Waals surface area contributed by atoms with Crippen LogP contribution in [0.1, 0.15) is 19.3 Å². The van der Waals surface area contributed by atoms with Crippen LogP contribution < -0.4 is 5.73 Å². The third kappa shape index (κ3) is 1.06. The number of nitrogens with zero attached hydrogens (tertiary/aromatic N) is 1. The minimum atomic E-state index is -0.171. The van der Waals surface area contributed by atoms with E-state index >= 15 is 0 Å². The van der Waals surface area contributed by atoms with Gasteiger partial charge in [-0.1, -0.05) is 0 Å². The Kier molecular flexibility index (Phi) is 1.92. The van der Waals surface area contributed by atoms with E-state index in [-0.39, 0.29) is 12.2 Å². The van der Waals surface area contributed by atoms with Gasteiger partial charge in [-0.25, -0.2) is 4.79 Å². The molecule has 1 saturated carbocycles. The molecule has 0 aromatic carbocycles. The van der Waals surface area contributed by atoms with Crippen LogP contribution in [0.3, 0.4) is 0 Å². The molecule has 68 valence electrons. The van der Waals surface area contributed by atoms with Crippen LogP contribution in [0.25, 0.3) is 0 Å². The van der Waals surface area contributed by atoms with Crippen molar-refractivity contribution in [2.45, 2.75) is 31.4 Å². The molecule has 1 heterocycles. The summed E-state index contributed by atoms with van der Waals surface area (Å²) in [7, 11) is 0. The maximum atomic E-state index is 11.2. The lowest BCUT2D eigenvalue weighted by Crippen LogP contribution is -2.37. The summed E-state index contributed by atoms with van der Waals surface area (Å²) in [5.74, 6) is 0. The second-order valence-corrected chi connectivity index (χ2v) is 3.40. The molecule has 4 heteroatoms. The molecule has 0 radical (unpaired) electrons. The number of amides is 1. The van der Waals surface area contributed by atoms with E-state index in [0.29, 0.717) is 19.1 Å². The first kappa shape index (κ1) is 7.86. The van der Waals surface area contributed by atoms with E-state index in [1.807, 2.05) is 0 Å². The quantitative estimate of drug-likeness (QED) is 0.649. The second kappa shape index (κ2) is 2.94. The minimum absolute atomic E-state index is 0.157. The topological polar surface area (TPSA) is 55.6 Å². The van der Waals surface area contributed by atoms with Gasteiger partial charge in [-0.15, -0.1) is 0 Å². The summed E-state index contributed by atoms with van der Waals surface area (Å²) >= 11 is 0. The van der Waals surface area contributed by atoms with E-state index in [2.05, 4.69) is 0 Å². The first-order valence-electron chi connectivity index (χ1n) is 4.50. The summed E-state index contributed by atoms with van der Waals surface area (Å²) in [5, 5.41) is 0. The predicted molar refractivity (Wildman–Crippen MR) is 43.7 cm³/mol. The number of nitrogens with two attached hydrogens (primary N) is 1. The predicted octanol–water partition coefficient (Wildman–Crippen LogP) is 0.318. The van der Waals surface area contributed by atoms with E-state index in [9.17, 15) is 4.79 Å². The van der Waals surface area contributed by atoms with Crippen molar-refractivity contribution in [3.63, 3.8) is 0 Å². The number of hydrogen-bond donors (Lipinski definition) is 1. The molecule has 2 rings (SSSR count). The average Bonchev–Trinajstić information content (AvgIpc) is 2.56. The van der Waals surface area contributed by atoms with Crippen LogP contribution in [0.4, 0.5) is 4.79 Å². The summed E-state index contributed by atoms with van der Waals surface area (Å²) in [4.78, 5) is 13.0. The summed E-state index contributed by atoms with van der Waals surface area (Å²) in [6.07, 6.45) is 3.26. The molecule has 1 saturated heterocycles. The zero-order valence-corrected chi connectivity index (χ0v) is 7.03. The molecular weight excluding hydrogens is 156 g/mol. The number of carbonyl (C=O) groups excluding carboxylic acids is 1. The van der Waals surface area contributed by atoms with Crippen LogP contribution in [-0.4, -0.2) is 36.2 Å². The van der Waals surface area contributed by atoms with Crippen LogP contribution in [0.2, 0.25) is 0 Å². The Balaban J connectivity index is 2.05. The highest BCUT2D eigenvalue weighted by atomic mass is 16.6. The first-order valence-corrected chi connectivity index (χ1v) is 4.50. The molecule has 0 spiro atoms. The lowest BCUT2D eigenvalue weighted by Gasteiger charge is -2.18. The van der Waals surface area contributed by atoms with Crippen molar-refractivity contribution in [3.8, 4) is 0 Å². The van der Waals surface area contributed by atoms with Gasteiger partial charge in [0.2, 0.25) is 0 Å². The van der Waals surface area contributed by atoms with Crippen molar-refractivity contribution in [2.75, 3.05) is 13.1 Å². The Hall–Kier alpha value is -0.770. The standard InChI is InChI=1S/C8H14N2O2/c9-4-5-10-6-2-1-3-7(6)12-8(10)11/h6-7H,1-5,9H2/t6-,7-/m1/s1. The Morgan fingerprint density at radius 3 is 3.17 bits per heavy atom. The second-order valence-electron chi connectivity index (χ2n) is 3.40. The van der Waals surface area contributed by atoms with E-state index in [1.165, 1.54) is 6.42 Å². The number of carbonyl (C=O) groups is 1. The van der Waals surface area contributed by atoms with E-state index in [1.54, 1.807) is 4.90 Å². The molecular formula is C8H14N2O2. The zero-order chi connectivity index (χ0) is 8.55. The summed E-state index contributed by atoms with van der Waals surface area (Å²) in [5.41, 5.74) is 5.40. The molecule has 2 fully saturated rings. The van der Waals surface area contributed by atoms with Crippen LogP contribution in [0.5, 0.6) is 0 Å². The average molecular weight is 170 g/mol. The highest BCUT2D eigenvalue weighted by Crippen LogP contribution is 2.32. The number of rotatable bonds is 2. The minimum Gasteiger partial charge on any atom is -0.444 e. The molecule has 2 aliphatic rings. The van der Waals surface area contributed by atoms with Crippen LogP contribution >= 0.6 is 0 Å². The lowest BCUT2D eigenvalue weighted by molar-refractivity contribution is 0.131. The highest BCUT2D eigenvalue weighted by molar-refractivity contribution is 5.70. The van der Waals surface area contributed by atoms with Gasteiger partial charge < -0.3 is 15.4 Å². The third-order valence-corrected chi connectivity index (χ3v) is 2.67. The lowest BCUT2D eigenvalue weighted by atomic mass is 10.2. The maximum absolute atomic E-state index is 11.2. The van der Waals surface area contributed by atoms with Gasteiger partial charge in [0.25, 0.3) is 0 Å². The number of ether oxygens (including phenoxy) is 1. The van der Waals surface area contributed by atoms with Crippen LogP contribution in [-0.2, 0) is 4.74 Å². The normalized spacial score (nSPS) is 33.8. The molecule has 2 atom stereocenters. The first-order chi connectivity index (χ1) is 5.83. The third-order valence-electron chi connectivity index (χ3n) is 2.67. The van der Waals surface area contributed by atoms with Gasteiger partial charge in [0, 0.05) is 13.1 Å². The van der Waals surface area contributed by atoms with Gasteiger partial charge >= 0.3 is 6.09 Å². The number of fused-ring (bicyclic) bond motifs is 1. The molecule has 0 unspecified atom stereocenters. The van der Waals surface area contributed by atoms with Gasteiger partial charge in [-0.05, 0) is 19.3 Å². The Labute approximate surface area is 71.7 Å². The van der Waals surface area contributed by atoms with E-state index < -0.39 is 0 Å². The van der Waals surface area contributed by atoms with Crippen molar-refractivity contribution in [1.82, 2.24) is 4.90 Å². The van der Waals surface area contributed by atoms with Crippen molar-refractivity contribution in [1.29, 1.82) is 0 Å². The fourth-order valence-electron chi connectivity index (χ4n) is 2.13. The molecule has 1 amide bonds. The largest absolute Gasteiger partial charge is 0.444 e. The maximum Gasteiger partial charge on any atom is 0.410 e. The zero-order valence-electron chi connectivity index (χ0n) is 7.03. The Bertz CT molecular complexity index is 195. The van der Waals surface area contributed by atoms with Crippen molar-refractivity contribution in [2.24, 2.45) is 5.73 Å². The van der Waals surface area contributed by atoms with Crippen molar-refractivity contribution in [3.05, 3.63) is 0 Å². The molecule has 0 bridgehead atoms. The highest BCUT2D eigenvalue weighted by Gasteiger charge is 2.43. The van der Waals surface area contributed by atoms with Gasteiger partial charge in [0.15, 0.2) is 0 Å². The molecule has 0 aromatic heterocycles. The Morgan fingerprint density at radius 1 is 1.58 bits per heavy atom. The van der Waals surface area contributed by atoms with Gasteiger partial charge in [0.05, 0.1) is 6.04 Å². The van der Waals surface area contributed by atoms with E-state index in [0.717, 1.165) is 12.8 Å². The van der Waals surface area contributed by atoms with Crippen molar-refractivity contribution >= 4 is 6.09 Å². The summed E-state index contributed by atoms with van der Waals surface area (Å²) in [6, 6.07) is 0.320. The van der Waals surface area contributed by atoms with Crippen LogP contribution in [0, 0.1) is 0 Å². The van der Waals surface area contributed by atoms with Gasteiger partial charge in [0.1, 0.15) is 6.10 Å². The summed E-state index contributed by atoms with van der Waals surface area (Å²) < 4.78 is 5.18. The molecule has 0 aromatic rings. The van der Waals surface area contributed by atoms with Gasteiger partial charge in [-0.2, -0.15) is 0 Å². The SMILES string of the molecule is NCCN1C(=O)O[C@@H]2CCC[C@H]21. The fraction of sp³-hybridized carbons (Fsp3) is 0.875. The molecule has 12 heavy (non-hydrogen) atoms. The van der Waals surface area contributed by atoms with Gasteiger partial charge in [-0.3, -0.25) is 0 Å². The molecule has 2 N–H and O–H groups in total. The number of hydrogen-bond acceptors (Lipinski definition) is 3. The van der Waals surface area contributed by atoms with E-state index in [4.69, 9.17) is 10.5 Å².